The molecular formula is C89H174O17P2. The van der Waals surface area contributed by atoms with Crippen molar-refractivity contribution >= 4 is 39.5 Å². The predicted molar refractivity (Wildman–Crippen MR) is 446 cm³/mol. The van der Waals surface area contributed by atoms with Gasteiger partial charge in [-0.05, 0) is 43.4 Å². The van der Waals surface area contributed by atoms with E-state index in [1.54, 1.807) is 0 Å². The lowest BCUT2D eigenvalue weighted by molar-refractivity contribution is -0.161. The molecule has 0 aliphatic carbocycles. The van der Waals surface area contributed by atoms with Gasteiger partial charge in [-0.3, -0.25) is 37.3 Å². The second-order valence-corrected chi connectivity index (χ2v) is 36.1. The van der Waals surface area contributed by atoms with E-state index in [9.17, 15) is 43.2 Å². The molecule has 0 aromatic heterocycles. The molecule has 0 heterocycles. The van der Waals surface area contributed by atoms with Gasteiger partial charge in [0.2, 0.25) is 0 Å². The molecule has 0 aromatic rings. The van der Waals surface area contributed by atoms with E-state index in [0.29, 0.717) is 25.7 Å². The molecule has 0 saturated heterocycles. The number of hydrogen-bond acceptors (Lipinski definition) is 15. The third-order valence-electron chi connectivity index (χ3n) is 21.2. The molecule has 0 fully saturated rings. The van der Waals surface area contributed by atoms with Crippen LogP contribution in [0.3, 0.4) is 0 Å². The Morgan fingerprint density at radius 1 is 0.269 bits per heavy atom. The van der Waals surface area contributed by atoms with Crippen LogP contribution in [0, 0.1) is 17.8 Å². The third-order valence-corrected chi connectivity index (χ3v) is 23.1. The minimum absolute atomic E-state index is 0.107. The monoisotopic (exact) mass is 1580 g/mol. The van der Waals surface area contributed by atoms with Crippen LogP contribution in [0.5, 0.6) is 0 Å². The zero-order valence-electron chi connectivity index (χ0n) is 71.3. The molecule has 0 amide bonds. The van der Waals surface area contributed by atoms with Crippen LogP contribution in [-0.4, -0.2) is 96.7 Å². The van der Waals surface area contributed by atoms with Crippen molar-refractivity contribution in [2.24, 2.45) is 17.8 Å². The Labute approximate surface area is 664 Å². The fourth-order valence-corrected chi connectivity index (χ4v) is 15.4. The van der Waals surface area contributed by atoms with Crippen molar-refractivity contribution in [2.75, 3.05) is 39.6 Å². The van der Waals surface area contributed by atoms with E-state index < -0.39 is 97.5 Å². The summed E-state index contributed by atoms with van der Waals surface area (Å²) in [6.45, 7) is 12.1. The van der Waals surface area contributed by atoms with Crippen molar-refractivity contribution in [3.05, 3.63) is 0 Å². The van der Waals surface area contributed by atoms with Crippen molar-refractivity contribution in [3.8, 4) is 0 Å². The fourth-order valence-electron chi connectivity index (χ4n) is 13.9. The maximum Gasteiger partial charge on any atom is 0.472 e. The van der Waals surface area contributed by atoms with Crippen molar-refractivity contribution in [3.63, 3.8) is 0 Å². The number of phosphoric acid groups is 2. The predicted octanol–water partition coefficient (Wildman–Crippen LogP) is 27.3. The van der Waals surface area contributed by atoms with Crippen LogP contribution in [0.4, 0.5) is 0 Å². The Balaban J connectivity index is 5.26. The highest BCUT2D eigenvalue weighted by Gasteiger charge is 2.31. The molecule has 0 saturated carbocycles. The molecule has 642 valence electrons. The molecule has 3 N–H and O–H groups in total. The molecule has 0 aliphatic heterocycles. The molecule has 19 heteroatoms. The van der Waals surface area contributed by atoms with E-state index in [1.165, 1.54) is 283 Å². The molecule has 6 atom stereocenters. The van der Waals surface area contributed by atoms with Gasteiger partial charge in [0.15, 0.2) is 12.2 Å². The largest absolute Gasteiger partial charge is 0.472 e. The molecule has 0 bridgehead atoms. The van der Waals surface area contributed by atoms with Crippen LogP contribution in [0.2, 0.25) is 0 Å². The Bertz CT molecular complexity index is 2080. The number of aliphatic hydroxyl groups is 1. The van der Waals surface area contributed by atoms with E-state index in [1.807, 2.05) is 0 Å². The lowest BCUT2D eigenvalue weighted by Gasteiger charge is -2.21. The first-order chi connectivity index (χ1) is 52.3. The fraction of sp³-hybridized carbons (Fsp3) is 0.955. The highest BCUT2D eigenvalue weighted by molar-refractivity contribution is 7.47. The Hall–Kier alpha value is -1.94. The van der Waals surface area contributed by atoms with E-state index in [4.69, 9.17) is 37.0 Å². The van der Waals surface area contributed by atoms with Gasteiger partial charge >= 0.3 is 39.5 Å². The number of carbonyl (C=O) groups is 4. The lowest BCUT2D eigenvalue weighted by Crippen LogP contribution is -2.30. The molecule has 0 aromatic carbocycles. The summed E-state index contributed by atoms with van der Waals surface area (Å²) >= 11 is 0. The van der Waals surface area contributed by atoms with Gasteiger partial charge in [0.25, 0.3) is 0 Å². The van der Waals surface area contributed by atoms with Gasteiger partial charge in [0, 0.05) is 25.7 Å². The second kappa shape index (κ2) is 78.9. The minimum atomic E-state index is -4.97. The number of hydrogen-bond donors (Lipinski definition) is 3. The second-order valence-electron chi connectivity index (χ2n) is 33.2. The van der Waals surface area contributed by atoms with Crippen LogP contribution in [0.25, 0.3) is 0 Å². The highest BCUT2D eigenvalue weighted by atomic mass is 31.2. The third kappa shape index (κ3) is 80.7. The summed E-state index contributed by atoms with van der Waals surface area (Å²) in [5, 5.41) is 10.7. The maximum absolute atomic E-state index is 13.2. The van der Waals surface area contributed by atoms with Crippen LogP contribution in [0.15, 0.2) is 0 Å². The summed E-state index contributed by atoms with van der Waals surface area (Å²) in [5.41, 5.74) is 0. The van der Waals surface area contributed by atoms with Gasteiger partial charge < -0.3 is 33.8 Å². The van der Waals surface area contributed by atoms with E-state index in [-0.39, 0.29) is 25.7 Å². The Morgan fingerprint density at radius 3 is 0.704 bits per heavy atom. The maximum atomic E-state index is 13.2. The summed E-state index contributed by atoms with van der Waals surface area (Å²) in [6, 6.07) is 0. The zero-order valence-corrected chi connectivity index (χ0v) is 73.1. The van der Waals surface area contributed by atoms with Crippen LogP contribution >= 0.6 is 15.6 Å². The van der Waals surface area contributed by atoms with E-state index in [2.05, 4.69) is 48.5 Å². The number of esters is 4. The lowest BCUT2D eigenvalue weighted by atomic mass is 9.99. The number of rotatable bonds is 87. The number of unbranched alkanes of at least 4 members (excludes halogenated alkanes) is 54. The number of phosphoric ester groups is 2. The van der Waals surface area contributed by atoms with Gasteiger partial charge in [-0.1, -0.05) is 421 Å². The topological polar surface area (TPSA) is 237 Å². The van der Waals surface area contributed by atoms with E-state index >= 15 is 0 Å². The molecule has 17 nitrogen and oxygen atoms in total. The van der Waals surface area contributed by atoms with Gasteiger partial charge in [-0.25, -0.2) is 9.13 Å². The first-order valence-corrected chi connectivity index (χ1v) is 48.9. The molecule has 108 heavy (non-hydrogen) atoms. The first kappa shape index (κ1) is 106. The Morgan fingerprint density at radius 2 is 0.472 bits per heavy atom. The summed E-state index contributed by atoms with van der Waals surface area (Å²) in [4.78, 5) is 73.4. The summed E-state index contributed by atoms with van der Waals surface area (Å²) in [7, 11) is -9.94. The normalized spacial score (nSPS) is 14.1. The SMILES string of the molecule is CCCCCCCCCCCCCCCCCCCCCCC(=O)O[C@H](COC(=O)CCCCCCCCCCCCCCCCCC(C)C)COP(=O)(O)OC[C@@H](O)COP(=O)(O)OC[C@@H](COC(=O)CCCCCCCCCCC(C)CC)OC(=O)CCCCCCCCCCCCCCCCCC(C)C. The van der Waals surface area contributed by atoms with Crippen molar-refractivity contribution < 1.29 is 80.2 Å². The number of ether oxygens (including phenoxy) is 4. The smallest absolute Gasteiger partial charge is 0.462 e. The summed E-state index contributed by atoms with van der Waals surface area (Å²) < 4.78 is 69.0. The summed E-state index contributed by atoms with van der Waals surface area (Å²) in [6.07, 6.45) is 70.8. The van der Waals surface area contributed by atoms with Gasteiger partial charge in [0.05, 0.1) is 26.4 Å². The average molecular weight is 1580 g/mol. The van der Waals surface area contributed by atoms with Gasteiger partial charge in [-0.2, -0.15) is 0 Å². The Kier molecular flexibility index (Phi) is 77.5. The first-order valence-electron chi connectivity index (χ1n) is 45.9. The van der Waals surface area contributed by atoms with Crippen molar-refractivity contribution in [1.82, 2.24) is 0 Å². The van der Waals surface area contributed by atoms with Crippen molar-refractivity contribution in [1.29, 1.82) is 0 Å². The number of aliphatic hydroxyl groups excluding tert-OH is 1. The molecule has 0 rings (SSSR count). The average Bonchev–Trinajstić information content (AvgIpc) is 0.898. The quantitative estimate of drug-likeness (QED) is 0.0222. The standard InChI is InChI=1S/C89H174O17P2/c1-8-10-11-12-13-14-15-16-17-18-19-20-21-26-32-37-42-51-58-65-72-88(93)105-84(76-99-86(91)70-63-56-49-41-36-31-27-22-24-29-34-39-46-53-60-67-80(3)4)78-103-107(95,96)101-74-83(90)75-102-108(97,98)104-79-85(77-100-87(92)71-64-57-50-45-44-48-55-62-69-82(7)9-2)106-89(94)73-66-59-52-43-38-33-28-23-25-30-35-40-47-54-61-68-81(5)6/h80-85,90H,8-79H2,1-7H3,(H,95,96)(H,97,98)/t82?,83-,84-,85-/m1/s1. The van der Waals surface area contributed by atoms with Crippen molar-refractivity contribution in [2.45, 2.75) is 491 Å². The van der Waals surface area contributed by atoms with Crippen LogP contribution < -0.4 is 0 Å². The highest BCUT2D eigenvalue weighted by Crippen LogP contribution is 2.45. The molecular weight excluding hydrogens is 1400 g/mol. The van der Waals surface area contributed by atoms with Gasteiger partial charge in [0.1, 0.15) is 19.3 Å². The molecule has 0 aliphatic rings. The molecule has 0 radical (unpaired) electrons. The van der Waals surface area contributed by atoms with Gasteiger partial charge in [-0.15, -0.1) is 0 Å². The molecule has 3 unspecified atom stereocenters. The number of carbonyl (C=O) groups excluding carboxylic acids is 4. The minimum Gasteiger partial charge on any atom is -0.462 e. The molecule has 0 spiro atoms. The van der Waals surface area contributed by atoms with Crippen LogP contribution in [0.1, 0.15) is 472 Å². The summed E-state index contributed by atoms with van der Waals surface area (Å²) in [5.74, 6) is 0.286. The van der Waals surface area contributed by atoms with E-state index in [0.717, 1.165) is 108 Å². The van der Waals surface area contributed by atoms with Crippen LogP contribution in [-0.2, 0) is 65.4 Å². The zero-order chi connectivity index (χ0) is 79.3.